The topological polar surface area (TPSA) is 49.4 Å². The molecule has 0 aromatic heterocycles. The summed E-state index contributed by atoms with van der Waals surface area (Å²) < 4.78 is 0. The molecule has 0 aliphatic heterocycles. The van der Waals surface area contributed by atoms with Gasteiger partial charge in [0.25, 0.3) is 0 Å². The molecule has 2 amide bonds. The SMILES string of the molecule is Cc1ccc(SCCC(=O)N(Cc2ccccc2C)C(Cc2ccccc2)C(=O)NC(C)C)cc1. The lowest BCUT2D eigenvalue weighted by Crippen LogP contribution is -2.52. The highest BCUT2D eigenvalue weighted by molar-refractivity contribution is 7.99. The fourth-order valence-corrected chi connectivity index (χ4v) is 4.78. The third kappa shape index (κ3) is 8.29. The maximum Gasteiger partial charge on any atom is 0.243 e. The van der Waals surface area contributed by atoms with Gasteiger partial charge in [0.05, 0.1) is 0 Å². The number of hydrogen-bond acceptors (Lipinski definition) is 3. The number of carbonyl (C=O) groups is 2. The summed E-state index contributed by atoms with van der Waals surface area (Å²) in [7, 11) is 0. The first-order valence-corrected chi connectivity index (χ1v) is 13.2. The summed E-state index contributed by atoms with van der Waals surface area (Å²) in [4.78, 5) is 30.0. The molecule has 184 valence electrons. The van der Waals surface area contributed by atoms with Crippen molar-refractivity contribution in [1.82, 2.24) is 10.2 Å². The van der Waals surface area contributed by atoms with Gasteiger partial charge >= 0.3 is 0 Å². The van der Waals surface area contributed by atoms with Gasteiger partial charge in [0.1, 0.15) is 6.04 Å². The van der Waals surface area contributed by atoms with Gasteiger partial charge in [-0.1, -0.05) is 72.3 Å². The van der Waals surface area contributed by atoms with Gasteiger partial charge in [-0.25, -0.2) is 0 Å². The van der Waals surface area contributed by atoms with Crippen molar-refractivity contribution in [2.45, 2.75) is 64.1 Å². The van der Waals surface area contributed by atoms with E-state index >= 15 is 0 Å². The molecule has 0 fully saturated rings. The Balaban J connectivity index is 1.85. The summed E-state index contributed by atoms with van der Waals surface area (Å²) >= 11 is 1.67. The van der Waals surface area contributed by atoms with Gasteiger partial charge < -0.3 is 10.2 Å². The summed E-state index contributed by atoms with van der Waals surface area (Å²) in [6.45, 7) is 8.41. The molecule has 3 aromatic carbocycles. The summed E-state index contributed by atoms with van der Waals surface area (Å²) in [5.41, 5.74) is 4.42. The summed E-state index contributed by atoms with van der Waals surface area (Å²) in [5, 5.41) is 3.05. The second kappa shape index (κ2) is 13.1. The first-order chi connectivity index (χ1) is 16.8. The van der Waals surface area contributed by atoms with Crippen LogP contribution in [0.4, 0.5) is 0 Å². The lowest BCUT2D eigenvalue weighted by molar-refractivity contribution is -0.141. The van der Waals surface area contributed by atoms with Crippen LogP contribution in [-0.4, -0.2) is 34.6 Å². The largest absolute Gasteiger partial charge is 0.352 e. The summed E-state index contributed by atoms with van der Waals surface area (Å²) in [6.07, 6.45) is 0.840. The minimum absolute atomic E-state index is 0.00622. The molecule has 0 bridgehead atoms. The standard InChI is InChI=1S/C30H36N2O2S/c1-22(2)31-30(34)28(20-25-11-6-5-7-12-25)32(21-26-13-9-8-10-24(26)4)29(33)18-19-35-27-16-14-23(3)15-17-27/h5-17,22,28H,18-21H2,1-4H3,(H,31,34). The lowest BCUT2D eigenvalue weighted by atomic mass is 10.0. The van der Waals surface area contributed by atoms with Gasteiger partial charge in [-0.05, 0) is 56.5 Å². The molecule has 0 radical (unpaired) electrons. The van der Waals surface area contributed by atoms with Crippen molar-refractivity contribution in [3.05, 3.63) is 101 Å². The molecule has 3 aromatic rings. The van der Waals surface area contributed by atoms with Crippen LogP contribution in [0.15, 0.2) is 83.8 Å². The van der Waals surface area contributed by atoms with Crippen LogP contribution >= 0.6 is 11.8 Å². The molecule has 4 nitrogen and oxygen atoms in total. The zero-order valence-electron chi connectivity index (χ0n) is 21.2. The van der Waals surface area contributed by atoms with E-state index in [0.29, 0.717) is 25.1 Å². The number of hydrogen-bond donors (Lipinski definition) is 1. The Morgan fingerprint density at radius 3 is 2.20 bits per heavy atom. The number of rotatable bonds is 11. The average molecular weight is 489 g/mol. The third-order valence-corrected chi connectivity index (χ3v) is 6.92. The number of nitrogens with zero attached hydrogens (tertiary/aromatic N) is 1. The Kier molecular flexibility index (Phi) is 9.98. The quantitative estimate of drug-likeness (QED) is 0.339. The summed E-state index contributed by atoms with van der Waals surface area (Å²) in [6, 6.07) is 25.7. The maximum atomic E-state index is 13.7. The van der Waals surface area contributed by atoms with Crippen molar-refractivity contribution >= 4 is 23.6 Å². The highest BCUT2D eigenvalue weighted by Gasteiger charge is 2.30. The predicted molar refractivity (Wildman–Crippen MR) is 145 cm³/mol. The van der Waals surface area contributed by atoms with E-state index in [-0.39, 0.29) is 17.9 Å². The van der Waals surface area contributed by atoms with Crippen LogP contribution in [0.1, 0.15) is 42.5 Å². The molecular weight excluding hydrogens is 452 g/mol. The Morgan fingerprint density at radius 2 is 1.54 bits per heavy atom. The molecule has 35 heavy (non-hydrogen) atoms. The van der Waals surface area contributed by atoms with Crippen molar-refractivity contribution < 1.29 is 9.59 Å². The highest BCUT2D eigenvalue weighted by Crippen LogP contribution is 2.22. The van der Waals surface area contributed by atoms with Crippen molar-refractivity contribution in [2.75, 3.05) is 5.75 Å². The van der Waals surface area contributed by atoms with E-state index < -0.39 is 6.04 Å². The minimum Gasteiger partial charge on any atom is -0.352 e. The monoisotopic (exact) mass is 488 g/mol. The fourth-order valence-electron chi connectivity index (χ4n) is 3.94. The van der Waals surface area contributed by atoms with Gasteiger partial charge in [0.2, 0.25) is 11.8 Å². The van der Waals surface area contributed by atoms with E-state index in [1.807, 2.05) is 75.4 Å². The minimum atomic E-state index is -0.587. The maximum absolute atomic E-state index is 13.7. The Labute approximate surface area is 214 Å². The van der Waals surface area contributed by atoms with E-state index in [2.05, 4.69) is 36.5 Å². The van der Waals surface area contributed by atoms with Gasteiger partial charge in [-0.3, -0.25) is 9.59 Å². The van der Waals surface area contributed by atoms with E-state index in [1.54, 1.807) is 16.7 Å². The van der Waals surface area contributed by atoms with E-state index in [1.165, 1.54) is 5.56 Å². The van der Waals surface area contributed by atoms with Gasteiger partial charge in [-0.15, -0.1) is 11.8 Å². The molecule has 0 saturated carbocycles. The normalized spacial score (nSPS) is 11.8. The first kappa shape index (κ1) is 26.6. The average Bonchev–Trinajstić information content (AvgIpc) is 2.83. The molecule has 1 N–H and O–H groups in total. The van der Waals surface area contributed by atoms with Crippen LogP contribution in [-0.2, 0) is 22.6 Å². The number of nitrogens with one attached hydrogen (secondary N) is 1. The fraction of sp³-hybridized carbons (Fsp3) is 0.333. The number of thioether (sulfide) groups is 1. The van der Waals surface area contributed by atoms with Crippen LogP contribution in [0, 0.1) is 13.8 Å². The Hall–Kier alpha value is -3.05. The van der Waals surface area contributed by atoms with Crippen LogP contribution in [0.3, 0.4) is 0 Å². The second-order valence-electron chi connectivity index (χ2n) is 9.23. The van der Waals surface area contributed by atoms with E-state index in [4.69, 9.17) is 0 Å². The van der Waals surface area contributed by atoms with E-state index in [0.717, 1.165) is 21.6 Å². The molecule has 3 rings (SSSR count). The molecule has 1 atom stereocenters. The molecule has 0 saturated heterocycles. The second-order valence-corrected chi connectivity index (χ2v) is 10.4. The van der Waals surface area contributed by atoms with Gasteiger partial charge in [0.15, 0.2) is 0 Å². The summed E-state index contributed by atoms with van der Waals surface area (Å²) in [5.74, 6) is 0.542. The van der Waals surface area contributed by atoms with Crippen LogP contribution in [0.25, 0.3) is 0 Å². The van der Waals surface area contributed by atoms with Crippen LogP contribution in [0.5, 0.6) is 0 Å². The molecule has 0 heterocycles. The van der Waals surface area contributed by atoms with Crippen molar-refractivity contribution in [3.8, 4) is 0 Å². The van der Waals surface area contributed by atoms with Crippen molar-refractivity contribution in [2.24, 2.45) is 0 Å². The first-order valence-electron chi connectivity index (χ1n) is 12.2. The molecule has 0 spiro atoms. The van der Waals surface area contributed by atoms with Crippen molar-refractivity contribution in [3.63, 3.8) is 0 Å². The number of amides is 2. The van der Waals surface area contributed by atoms with Crippen LogP contribution < -0.4 is 5.32 Å². The smallest absolute Gasteiger partial charge is 0.243 e. The Morgan fingerprint density at radius 1 is 0.886 bits per heavy atom. The van der Waals surface area contributed by atoms with Crippen LogP contribution in [0.2, 0.25) is 0 Å². The Bertz CT molecular complexity index is 1100. The zero-order chi connectivity index (χ0) is 25.2. The van der Waals surface area contributed by atoms with Gasteiger partial charge in [-0.2, -0.15) is 0 Å². The molecule has 5 heteroatoms. The zero-order valence-corrected chi connectivity index (χ0v) is 22.0. The lowest BCUT2D eigenvalue weighted by Gasteiger charge is -2.32. The highest BCUT2D eigenvalue weighted by atomic mass is 32.2. The van der Waals surface area contributed by atoms with E-state index in [9.17, 15) is 9.59 Å². The number of carbonyl (C=O) groups excluding carboxylic acids is 2. The third-order valence-electron chi connectivity index (χ3n) is 5.91. The molecule has 1 unspecified atom stereocenters. The predicted octanol–water partition coefficient (Wildman–Crippen LogP) is 5.95. The van der Waals surface area contributed by atoms with Crippen molar-refractivity contribution in [1.29, 1.82) is 0 Å². The molecular formula is C30H36N2O2S. The molecule has 0 aliphatic rings. The number of aryl methyl sites for hydroxylation is 2. The number of benzene rings is 3. The van der Waals surface area contributed by atoms with Gasteiger partial charge in [0, 0.05) is 36.1 Å². The molecule has 0 aliphatic carbocycles.